The van der Waals surface area contributed by atoms with Crippen LogP contribution >= 0.6 is 11.3 Å². The molecule has 2 heterocycles. The molecule has 0 fully saturated rings. The van der Waals surface area contributed by atoms with Crippen molar-refractivity contribution in [3.63, 3.8) is 0 Å². The summed E-state index contributed by atoms with van der Waals surface area (Å²) < 4.78 is 5.11. The van der Waals surface area contributed by atoms with Crippen molar-refractivity contribution >= 4 is 11.3 Å². The van der Waals surface area contributed by atoms with Crippen LogP contribution in [0.5, 0.6) is 11.5 Å². The molecule has 3 aromatic rings. The van der Waals surface area contributed by atoms with Gasteiger partial charge >= 0.3 is 0 Å². The summed E-state index contributed by atoms with van der Waals surface area (Å²) in [5.74, 6) is 0.268. The van der Waals surface area contributed by atoms with Crippen LogP contribution in [0.25, 0.3) is 11.5 Å². The topological polar surface area (TPSA) is 79.4 Å². The molecule has 1 aromatic carbocycles. The number of aromatic hydroxyl groups is 2. The van der Waals surface area contributed by atoms with Gasteiger partial charge in [-0.2, -0.15) is 4.98 Å². The minimum absolute atomic E-state index is 0.194. The van der Waals surface area contributed by atoms with Crippen LogP contribution in [0.15, 0.2) is 40.2 Å². The third-order valence-corrected chi connectivity index (χ3v) is 3.50. The summed E-state index contributed by atoms with van der Waals surface area (Å²) >= 11 is 1.62. The summed E-state index contributed by atoms with van der Waals surface area (Å²) in [4.78, 5) is 5.35. The highest BCUT2D eigenvalue weighted by atomic mass is 32.1. The second-order valence-corrected chi connectivity index (χ2v) is 4.98. The Kier molecular flexibility index (Phi) is 2.92. The van der Waals surface area contributed by atoms with Gasteiger partial charge in [-0.3, -0.25) is 0 Å². The van der Waals surface area contributed by atoms with Gasteiger partial charge in [-0.15, -0.1) is 11.3 Å². The molecule has 0 atom stereocenters. The van der Waals surface area contributed by atoms with Crippen LogP contribution in [0, 0.1) is 0 Å². The average Bonchev–Trinajstić information content (AvgIpc) is 3.05. The van der Waals surface area contributed by atoms with Gasteiger partial charge in [-0.25, -0.2) is 0 Å². The van der Waals surface area contributed by atoms with Gasteiger partial charge in [-0.1, -0.05) is 17.3 Å². The Morgan fingerprint density at radius 2 is 2.05 bits per heavy atom. The molecule has 0 aliphatic heterocycles. The van der Waals surface area contributed by atoms with Gasteiger partial charge in [0.15, 0.2) is 17.3 Å². The second kappa shape index (κ2) is 4.74. The fourth-order valence-electron chi connectivity index (χ4n) is 1.71. The van der Waals surface area contributed by atoms with Crippen molar-refractivity contribution in [1.82, 2.24) is 10.1 Å². The highest BCUT2D eigenvalue weighted by Crippen LogP contribution is 2.35. The standard InChI is InChI=1S/C13H10N2O3S/c16-10-5-1-4-9(12(10)17)13-14-11(15-18-13)7-8-3-2-6-19-8/h1-6,16-17H,7H2. The van der Waals surface area contributed by atoms with Gasteiger partial charge in [-0.05, 0) is 23.6 Å². The third-order valence-electron chi connectivity index (χ3n) is 2.63. The summed E-state index contributed by atoms with van der Waals surface area (Å²) in [6, 6.07) is 8.56. The average molecular weight is 274 g/mol. The summed E-state index contributed by atoms with van der Waals surface area (Å²) in [6.07, 6.45) is 0.584. The number of phenols is 2. The monoisotopic (exact) mass is 274 g/mol. The zero-order valence-corrected chi connectivity index (χ0v) is 10.6. The maximum atomic E-state index is 9.74. The number of hydrogen-bond acceptors (Lipinski definition) is 6. The lowest BCUT2D eigenvalue weighted by Crippen LogP contribution is -1.87. The van der Waals surface area contributed by atoms with E-state index < -0.39 is 0 Å². The van der Waals surface area contributed by atoms with E-state index in [0.717, 1.165) is 4.88 Å². The molecule has 0 aliphatic rings. The van der Waals surface area contributed by atoms with Crippen molar-refractivity contribution in [2.24, 2.45) is 0 Å². The van der Waals surface area contributed by atoms with Crippen LogP contribution in [0.4, 0.5) is 0 Å². The Bertz CT molecular complexity index is 692. The maximum absolute atomic E-state index is 9.74. The summed E-state index contributed by atoms with van der Waals surface area (Å²) in [5, 5.41) is 25.0. The molecule has 6 heteroatoms. The van der Waals surface area contributed by atoms with Crippen LogP contribution in [-0.2, 0) is 6.42 Å². The molecule has 0 bridgehead atoms. The quantitative estimate of drug-likeness (QED) is 0.718. The Balaban J connectivity index is 1.91. The molecule has 2 N–H and O–H groups in total. The molecular formula is C13H10N2O3S. The van der Waals surface area contributed by atoms with Gasteiger partial charge in [0.1, 0.15) is 0 Å². The molecule has 0 unspecified atom stereocenters. The van der Waals surface area contributed by atoms with Crippen molar-refractivity contribution in [3.05, 3.63) is 46.4 Å². The number of rotatable bonds is 3. The smallest absolute Gasteiger partial charge is 0.261 e. The van der Waals surface area contributed by atoms with E-state index in [2.05, 4.69) is 10.1 Å². The number of aromatic nitrogens is 2. The van der Waals surface area contributed by atoms with Crippen molar-refractivity contribution < 1.29 is 14.7 Å². The first-order valence-corrected chi connectivity index (χ1v) is 6.48. The Morgan fingerprint density at radius 3 is 2.84 bits per heavy atom. The molecule has 19 heavy (non-hydrogen) atoms. The minimum Gasteiger partial charge on any atom is -0.504 e. The van der Waals surface area contributed by atoms with Gasteiger partial charge in [0.25, 0.3) is 5.89 Å². The van der Waals surface area contributed by atoms with Crippen molar-refractivity contribution in [1.29, 1.82) is 0 Å². The third kappa shape index (κ3) is 2.30. The zero-order chi connectivity index (χ0) is 13.2. The van der Waals surface area contributed by atoms with Crippen LogP contribution in [0.2, 0.25) is 0 Å². The highest BCUT2D eigenvalue weighted by molar-refractivity contribution is 7.09. The molecule has 3 rings (SSSR count). The number of phenolic OH excluding ortho intramolecular Hbond substituents is 2. The molecule has 0 spiro atoms. The number of hydrogen-bond donors (Lipinski definition) is 2. The first-order valence-electron chi connectivity index (χ1n) is 5.60. The van der Waals surface area contributed by atoms with E-state index in [4.69, 9.17) is 4.52 Å². The molecular weight excluding hydrogens is 264 g/mol. The van der Waals surface area contributed by atoms with E-state index in [1.165, 1.54) is 6.07 Å². The first-order chi connectivity index (χ1) is 9.24. The first kappa shape index (κ1) is 11.7. The largest absolute Gasteiger partial charge is 0.504 e. The Hall–Kier alpha value is -2.34. The Labute approximate surface area is 112 Å². The van der Waals surface area contributed by atoms with Crippen LogP contribution < -0.4 is 0 Å². The SMILES string of the molecule is Oc1cccc(-c2nc(Cc3cccs3)no2)c1O. The maximum Gasteiger partial charge on any atom is 0.261 e. The predicted octanol–water partition coefficient (Wildman–Crippen LogP) is 2.80. The summed E-state index contributed by atoms with van der Waals surface area (Å²) in [5.41, 5.74) is 0.324. The lowest BCUT2D eigenvalue weighted by Gasteiger charge is -2.00. The van der Waals surface area contributed by atoms with E-state index in [1.54, 1.807) is 23.5 Å². The Morgan fingerprint density at radius 1 is 1.16 bits per heavy atom. The van der Waals surface area contributed by atoms with Crippen LogP contribution in [-0.4, -0.2) is 20.4 Å². The van der Waals surface area contributed by atoms with E-state index in [1.807, 2.05) is 17.5 Å². The normalized spacial score (nSPS) is 10.7. The molecule has 0 amide bonds. The molecule has 2 aromatic heterocycles. The highest BCUT2D eigenvalue weighted by Gasteiger charge is 2.15. The van der Waals surface area contributed by atoms with E-state index in [9.17, 15) is 10.2 Å². The summed E-state index contributed by atoms with van der Waals surface area (Å²) in [7, 11) is 0. The van der Waals surface area contributed by atoms with Gasteiger partial charge < -0.3 is 14.7 Å². The summed E-state index contributed by atoms with van der Waals surface area (Å²) in [6.45, 7) is 0. The van der Waals surface area contributed by atoms with E-state index in [0.29, 0.717) is 17.8 Å². The molecule has 0 saturated heterocycles. The van der Waals surface area contributed by atoms with Gasteiger partial charge in [0.2, 0.25) is 0 Å². The number of benzene rings is 1. The fraction of sp³-hybridized carbons (Fsp3) is 0.0769. The van der Waals surface area contributed by atoms with Crippen molar-refractivity contribution in [2.75, 3.05) is 0 Å². The number of para-hydroxylation sites is 1. The van der Waals surface area contributed by atoms with E-state index in [-0.39, 0.29) is 17.4 Å². The number of thiophene rings is 1. The fourth-order valence-corrected chi connectivity index (χ4v) is 2.41. The molecule has 0 aliphatic carbocycles. The van der Waals surface area contributed by atoms with Crippen LogP contribution in [0.1, 0.15) is 10.7 Å². The second-order valence-electron chi connectivity index (χ2n) is 3.95. The lowest BCUT2D eigenvalue weighted by atomic mass is 10.2. The van der Waals surface area contributed by atoms with E-state index >= 15 is 0 Å². The molecule has 5 nitrogen and oxygen atoms in total. The van der Waals surface area contributed by atoms with Gasteiger partial charge in [0.05, 0.1) is 5.56 Å². The lowest BCUT2D eigenvalue weighted by molar-refractivity contribution is 0.396. The molecule has 0 saturated carbocycles. The number of nitrogens with zero attached hydrogens (tertiary/aromatic N) is 2. The van der Waals surface area contributed by atoms with Crippen LogP contribution in [0.3, 0.4) is 0 Å². The van der Waals surface area contributed by atoms with Gasteiger partial charge in [0, 0.05) is 11.3 Å². The minimum atomic E-state index is -0.256. The molecule has 0 radical (unpaired) electrons. The zero-order valence-electron chi connectivity index (χ0n) is 9.78. The van der Waals surface area contributed by atoms with Crippen molar-refractivity contribution in [3.8, 4) is 23.0 Å². The predicted molar refractivity (Wildman–Crippen MR) is 70.2 cm³/mol. The molecule has 96 valence electrons. The van der Waals surface area contributed by atoms with Crippen molar-refractivity contribution in [2.45, 2.75) is 6.42 Å².